The maximum absolute atomic E-state index is 14.2. The van der Waals surface area contributed by atoms with Gasteiger partial charge in [0.25, 0.3) is 0 Å². The Labute approximate surface area is 241 Å². The minimum atomic E-state index is -2.04. The number of Topliss-reactive ketones (excluding diaryl/α,β-unsaturated/α-hetero) is 2. The van der Waals surface area contributed by atoms with Crippen molar-refractivity contribution >= 4 is 17.5 Å². The third-order valence-corrected chi connectivity index (χ3v) is 7.85. The Bertz CT molecular complexity index is 1050. The molecule has 2 rings (SSSR count). The largest absolute Gasteiger partial charge is 0.511 e. The van der Waals surface area contributed by atoms with Crippen LogP contribution in [0.1, 0.15) is 111 Å². The standard InChI is InChI=1S/C34H52O6/c1-20(2)10-16-27-31(37)30(28(35)19-23(7)8)32(38)34(27,29(36)17-11-21(3)4)40-33(39)24(9)26-14-12-25(13-15-26)18-22(5)6/h12-15,20-24,27,29,36-37H,10-11,16-19H2,1-9H3/t24?,27-,29?,34+/m0/s1. The lowest BCUT2D eigenvalue weighted by atomic mass is 9.77. The monoisotopic (exact) mass is 556 g/mol. The molecular weight excluding hydrogens is 504 g/mol. The van der Waals surface area contributed by atoms with Crippen LogP contribution in [0.4, 0.5) is 0 Å². The van der Waals surface area contributed by atoms with Crippen LogP contribution in [0.25, 0.3) is 0 Å². The summed E-state index contributed by atoms with van der Waals surface area (Å²) in [5.41, 5.74) is -0.452. The second-order valence-electron chi connectivity index (χ2n) is 13.4. The van der Waals surface area contributed by atoms with E-state index in [2.05, 4.69) is 13.8 Å². The number of ether oxygens (including phenoxy) is 1. The molecule has 0 spiro atoms. The molecule has 1 aliphatic rings. The van der Waals surface area contributed by atoms with Crippen LogP contribution in [0.3, 0.4) is 0 Å². The van der Waals surface area contributed by atoms with Gasteiger partial charge < -0.3 is 14.9 Å². The molecule has 2 unspecified atom stereocenters. The second kappa shape index (κ2) is 14.4. The molecule has 0 saturated heterocycles. The van der Waals surface area contributed by atoms with E-state index in [1.54, 1.807) is 6.92 Å². The Kier molecular flexibility index (Phi) is 12.2. The van der Waals surface area contributed by atoms with Gasteiger partial charge in [-0.15, -0.1) is 0 Å². The second-order valence-corrected chi connectivity index (χ2v) is 13.4. The molecule has 0 heterocycles. The van der Waals surface area contributed by atoms with Crippen LogP contribution in [0.5, 0.6) is 0 Å². The predicted molar refractivity (Wildman–Crippen MR) is 159 cm³/mol. The van der Waals surface area contributed by atoms with Crippen molar-refractivity contribution in [1.29, 1.82) is 0 Å². The molecule has 0 amide bonds. The minimum Gasteiger partial charge on any atom is -0.511 e. The molecule has 6 heteroatoms. The van der Waals surface area contributed by atoms with Crippen LogP contribution in [-0.2, 0) is 25.5 Å². The summed E-state index contributed by atoms with van der Waals surface area (Å²) in [4.78, 5) is 41.1. The molecule has 0 aliphatic heterocycles. The Morgan fingerprint density at radius 3 is 1.93 bits per heavy atom. The molecule has 0 saturated carbocycles. The minimum absolute atomic E-state index is 0.0307. The number of carbonyl (C=O) groups excluding carboxylic acids is 3. The number of esters is 1. The molecule has 2 N–H and O–H groups in total. The SMILES string of the molecule is CC(C)CCC(O)[C@@]1(OC(=O)C(C)c2ccc(CC(C)C)cc2)C(=O)C(C(=O)CC(C)C)=C(O)[C@@H]1CCC(C)C. The third-order valence-electron chi connectivity index (χ3n) is 7.85. The topological polar surface area (TPSA) is 101 Å². The number of ketones is 2. The molecule has 0 aromatic heterocycles. The van der Waals surface area contributed by atoms with Crippen LogP contribution in [0, 0.1) is 29.6 Å². The fraction of sp³-hybridized carbons (Fsp3) is 0.676. The van der Waals surface area contributed by atoms with Gasteiger partial charge in [0, 0.05) is 6.42 Å². The highest BCUT2D eigenvalue weighted by atomic mass is 16.6. The van der Waals surface area contributed by atoms with E-state index >= 15 is 0 Å². The first-order valence-electron chi connectivity index (χ1n) is 15.1. The van der Waals surface area contributed by atoms with Crippen LogP contribution in [0.2, 0.25) is 0 Å². The van der Waals surface area contributed by atoms with Gasteiger partial charge in [-0.2, -0.15) is 0 Å². The first kappa shape index (κ1) is 33.7. The van der Waals surface area contributed by atoms with Gasteiger partial charge in [0.1, 0.15) is 17.4 Å². The summed E-state index contributed by atoms with van der Waals surface area (Å²) in [5.74, 6) is -3.00. The number of aliphatic hydroxyl groups is 2. The number of benzene rings is 1. The molecule has 1 aromatic rings. The molecule has 1 aromatic carbocycles. The predicted octanol–water partition coefficient (Wildman–Crippen LogP) is 7.13. The lowest BCUT2D eigenvalue weighted by Crippen LogP contribution is -2.56. The molecule has 224 valence electrons. The highest BCUT2D eigenvalue weighted by molar-refractivity contribution is 6.26. The van der Waals surface area contributed by atoms with Gasteiger partial charge in [-0.05, 0) is 67.4 Å². The summed E-state index contributed by atoms with van der Waals surface area (Å²) in [6.07, 6.45) is 1.35. The van der Waals surface area contributed by atoms with E-state index in [1.807, 2.05) is 65.8 Å². The van der Waals surface area contributed by atoms with Crippen LogP contribution < -0.4 is 0 Å². The van der Waals surface area contributed by atoms with Gasteiger partial charge >= 0.3 is 5.97 Å². The number of hydrogen-bond donors (Lipinski definition) is 2. The van der Waals surface area contributed by atoms with Crippen molar-refractivity contribution in [3.05, 3.63) is 46.7 Å². The number of hydrogen-bond acceptors (Lipinski definition) is 6. The maximum Gasteiger partial charge on any atom is 0.314 e. The molecule has 4 atom stereocenters. The van der Waals surface area contributed by atoms with Crippen molar-refractivity contribution in [1.82, 2.24) is 0 Å². The number of carbonyl (C=O) groups is 3. The van der Waals surface area contributed by atoms with E-state index in [1.165, 1.54) is 5.56 Å². The van der Waals surface area contributed by atoms with E-state index in [9.17, 15) is 24.6 Å². The molecular formula is C34H52O6. The highest BCUT2D eigenvalue weighted by Crippen LogP contribution is 2.47. The van der Waals surface area contributed by atoms with E-state index in [-0.39, 0.29) is 41.9 Å². The molecule has 40 heavy (non-hydrogen) atoms. The molecule has 6 nitrogen and oxygen atoms in total. The van der Waals surface area contributed by atoms with Crippen LogP contribution in [-0.4, -0.2) is 39.5 Å². The fourth-order valence-corrected chi connectivity index (χ4v) is 5.52. The van der Waals surface area contributed by atoms with Gasteiger partial charge in [0.2, 0.25) is 11.4 Å². The van der Waals surface area contributed by atoms with Crippen LogP contribution >= 0.6 is 0 Å². The van der Waals surface area contributed by atoms with Gasteiger partial charge in [0.05, 0.1) is 11.8 Å². The fourth-order valence-electron chi connectivity index (χ4n) is 5.52. The quantitative estimate of drug-likeness (QED) is 0.176. The lowest BCUT2D eigenvalue weighted by molar-refractivity contribution is -0.188. The molecule has 1 aliphatic carbocycles. The van der Waals surface area contributed by atoms with Gasteiger partial charge in [-0.25, -0.2) is 0 Å². The third kappa shape index (κ3) is 8.05. The molecule has 0 bridgehead atoms. The zero-order chi connectivity index (χ0) is 30.4. The lowest BCUT2D eigenvalue weighted by Gasteiger charge is -2.39. The van der Waals surface area contributed by atoms with E-state index in [4.69, 9.17) is 4.74 Å². The van der Waals surface area contributed by atoms with Crippen molar-refractivity contribution in [3.8, 4) is 0 Å². The first-order chi connectivity index (χ1) is 18.6. The summed E-state index contributed by atoms with van der Waals surface area (Å²) in [6, 6.07) is 7.78. The Balaban J connectivity index is 2.55. The molecule has 0 radical (unpaired) electrons. The zero-order valence-electron chi connectivity index (χ0n) is 26.1. The van der Waals surface area contributed by atoms with Gasteiger partial charge in [-0.3, -0.25) is 14.4 Å². The maximum atomic E-state index is 14.2. The Morgan fingerprint density at radius 2 is 1.43 bits per heavy atom. The van der Waals surface area contributed by atoms with Crippen molar-refractivity contribution in [2.24, 2.45) is 29.6 Å². The summed E-state index contributed by atoms with van der Waals surface area (Å²) in [7, 11) is 0. The zero-order valence-corrected chi connectivity index (χ0v) is 26.1. The van der Waals surface area contributed by atoms with Crippen molar-refractivity contribution in [2.75, 3.05) is 0 Å². The average Bonchev–Trinajstić information content (AvgIpc) is 3.06. The van der Waals surface area contributed by atoms with Gasteiger partial charge in [0.15, 0.2) is 5.78 Å². The van der Waals surface area contributed by atoms with Crippen molar-refractivity contribution in [2.45, 2.75) is 118 Å². The van der Waals surface area contributed by atoms with Crippen molar-refractivity contribution < 1.29 is 29.3 Å². The van der Waals surface area contributed by atoms with Crippen LogP contribution in [0.15, 0.2) is 35.6 Å². The number of rotatable bonds is 15. The highest BCUT2D eigenvalue weighted by Gasteiger charge is 2.63. The van der Waals surface area contributed by atoms with Gasteiger partial charge in [-0.1, -0.05) is 86.1 Å². The Morgan fingerprint density at radius 1 is 0.850 bits per heavy atom. The van der Waals surface area contributed by atoms with E-state index in [0.29, 0.717) is 25.2 Å². The first-order valence-corrected chi connectivity index (χ1v) is 15.1. The average molecular weight is 557 g/mol. The van der Waals surface area contributed by atoms with Crippen molar-refractivity contribution in [3.63, 3.8) is 0 Å². The smallest absolute Gasteiger partial charge is 0.314 e. The summed E-state index contributed by atoms with van der Waals surface area (Å²) in [6.45, 7) is 17.8. The van der Waals surface area contributed by atoms with E-state index < -0.39 is 41.1 Å². The summed E-state index contributed by atoms with van der Waals surface area (Å²) < 4.78 is 6.12. The normalized spacial score (nSPS) is 21.1. The number of aliphatic hydroxyl groups excluding tert-OH is 2. The van der Waals surface area contributed by atoms with E-state index in [0.717, 1.165) is 12.0 Å². The summed E-state index contributed by atoms with van der Waals surface area (Å²) >= 11 is 0. The molecule has 0 fully saturated rings. The summed E-state index contributed by atoms with van der Waals surface area (Å²) in [5, 5.41) is 23.0. The Hall–Kier alpha value is -2.47.